The molecule has 180 valence electrons. The van der Waals surface area contributed by atoms with Crippen LogP contribution in [0.15, 0.2) is 76.8 Å². The molecule has 0 spiro atoms. The first-order chi connectivity index (χ1) is 16.6. The topological polar surface area (TPSA) is 83.9 Å². The second kappa shape index (κ2) is 9.23. The van der Waals surface area contributed by atoms with Gasteiger partial charge in [0.1, 0.15) is 17.0 Å². The number of benzene rings is 3. The minimum absolute atomic E-state index is 0.0228. The second-order valence-corrected chi connectivity index (χ2v) is 10.6. The number of thiophene rings is 1. The van der Waals surface area contributed by atoms with Crippen LogP contribution in [0.5, 0.6) is 0 Å². The maximum Gasteiger partial charge on any atom is 0.418 e. The van der Waals surface area contributed by atoms with Gasteiger partial charge in [0.2, 0.25) is 0 Å². The molecule has 0 N–H and O–H groups in total. The molecule has 6 nitrogen and oxygen atoms in total. The molecule has 0 aliphatic rings. The van der Waals surface area contributed by atoms with Crippen LogP contribution < -0.4 is 4.31 Å². The van der Waals surface area contributed by atoms with Crippen molar-refractivity contribution in [2.45, 2.75) is 24.5 Å². The van der Waals surface area contributed by atoms with Crippen LogP contribution in [-0.2, 0) is 22.7 Å². The molecule has 0 unspecified atom stereocenters. The van der Waals surface area contributed by atoms with Crippen LogP contribution in [0.1, 0.15) is 27.0 Å². The van der Waals surface area contributed by atoms with E-state index in [4.69, 9.17) is 0 Å². The standard InChI is InChI=1S/C24H17F3N2O4S2/c1-15-19-4-2-3-5-22(19)34-23(15)29(35(32,33)18-9-6-16(14-30)7-10-18)13-17-8-11-21(28-31)20(12-17)24(25,26)27/h2-12,14H,13H2,1H3. The zero-order chi connectivity index (χ0) is 25.4. The van der Waals surface area contributed by atoms with Crippen molar-refractivity contribution in [1.29, 1.82) is 0 Å². The third kappa shape index (κ3) is 4.69. The van der Waals surface area contributed by atoms with Gasteiger partial charge in [-0.15, -0.1) is 16.2 Å². The number of hydrogen-bond donors (Lipinski definition) is 0. The average Bonchev–Trinajstić information content (AvgIpc) is 3.17. The highest BCUT2D eigenvalue weighted by molar-refractivity contribution is 7.93. The molecule has 3 aromatic carbocycles. The van der Waals surface area contributed by atoms with Gasteiger partial charge >= 0.3 is 6.18 Å². The van der Waals surface area contributed by atoms with E-state index in [0.717, 1.165) is 26.5 Å². The molecule has 0 saturated heterocycles. The molecule has 0 fully saturated rings. The van der Waals surface area contributed by atoms with Gasteiger partial charge in [0.25, 0.3) is 10.0 Å². The Morgan fingerprint density at radius 2 is 1.71 bits per heavy atom. The number of carbonyl (C=O) groups is 1. The van der Waals surface area contributed by atoms with Crippen molar-refractivity contribution < 1.29 is 26.4 Å². The van der Waals surface area contributed by atoms with E-state index in [1.807, 2.05) is 18.2 Å². The summed E-state index contributed by atoms with van der Waals surface area (Å²) in [5.74, 6) is 0. The van der Waals surface area contributed by atoms with Gasteiger partial charge in [-0.1, -0.05) is 36.4 Å². The summed E-state index contributed by atoms with van der Waals surface area (Å²) in [6, 6.07) is 15.4. The first-order valence-electron chi connectivity index (χ1n) is 10.2. The van der Waals surface area contributed by atoms with E-state index in [-0.39, 0.29) is 16.0 Å². The van der Waals surface area contributed by atoms with Gasteiger partial charge in [0.05, 0.1) is 17.0 Å². The molecule has 0 aliphatic heterocycles. The lowest BCUT2D eigenvalue weighted by molar-refractivity contribution is -0.137. The smallest absolute Gasteiger partial charge is 0.298 e. The Hall–Kier alpha value is -3.57. The highest BCUT2D eigenvalue weighted by atomic mass is 32.2. The maximum absolute atomic E-state index is 13.7. The van der Waals surface area contributed by atoms with Crippen LogP contribution in [0.3, 0.4) is 0 Å². The molecule has 0 aliphatic carbocycles. The van der Waals surface area contributed by atoms with Crippen molar-refractivity contribution in [3.8, 4) is 0 Å². The zero-order valence-electron chi connectivity index (χ0n) is 18.1. The normalized spacial score (nSPS) is 12.0. The number of aldehydes is 1. The average molecular weight is 519 g/mol. The minimum atomic E-state index is -4.85. The van der Waals surface area contributed by atoms with E-state index in [2.05, 4.69) is 5.18 Å². The lowest BCUT2D eigenvalue weighted by Crippen LogP contribution is -2.30. The number of halogens is 3. The highest BCUT2D eigenvalue weighted by Crippen LogP contribution is 2.42. The summed E-state index contributed by atoms with van der Waals surface area (Å²) < 4.78 is 69.8. The molecule has 35 heavy (non-hydrogen) atoms. The van der Waals surface area contributed by atoms with Crippen LogP contribution in [0, 0.1) is 11.8 Å². The summed E-state index contributed by atoms with van der Waals surface area (Å²) in [5, 5.41) is 3.61. The number of aryl methyl sites for hydroxylation is 1. The monoisotopic (exact) mass is 518 g/mol. The predicted molar refractivity (Wildman–Crippen MR) is 129 cm³/mol. The van der Waals surface area contributed by atoms with Crippen LogP contribution in [0.25, 0.3) is 10.1 Å². The Bertz CT molecular complexity index is 1530. The van der Waals surface area contributed by atoms with Gasteiger partial charge in [0, 0.05) is 10.3 Å². The fourth-order valence-electron chi connectivity index (χ4n) is 3.66. The van der Waals surface area contributed by atoms with Crippen LogP contribution in [0.4, 0.5) is 23.9 Å². The highest BCUT2D eigenvalue weighted by Gasteiger charge is 2.35. The van der Waals surface area contributed by atoms with Gasteiger partial charge in [-0.3, -0.25) is 9.10 Å². The van der Waals surface area contributed by atoms with Crippen molar-refractivity contribution in [3.05, 3.63) is 93.9 Å². The third-order valence-corrected chi connectivity index (χ3v) is 8.61. The van der Waals surface area contributed by atoms with Gasteiger partial charge in [0.15, 0.2) is 0 Å². The molecule has 0 bridgehead atoms. The number of hydrogen-bond acceptors (Lipinski definition) is 6. The quantitative estimate of drug-likeness (QED) is 0.198. The van der Waals surface area contributed by atoms with E-state index in [1.165, 1.54) is 41.7 Å². The van der Waals surface area contributed by atoms with Crippen LogP contribution in [0.2, 0.25) is 0 Å². The Morgan fingerprint density at radius 3 is 2.31 bits per heavy atom. The van der Waals surface area contributed by atoms with Crippen LogP contribution in [-0.4, -0.2) is 14.7 Å². The molecule has 0 atom stereocenters. The van der Waals surface area contributed by atoms with Crippen molar-refractivity contribution in [1.82, 2.24) is 0 Å². The van der Waals surface area contributed by atoms with E-state index in [9.17, 15) is 31.3 Å². The fraction of sp³-hybridized carbons (Fsp3) is 0.125. The lowest BCUT2D eigenvalue weighted by atomic mass is 10.1. The van der Waals surface area contributed by atoms with Crippen molar-refractivity contribution in [2.24, 2.45) is 5.18 Å². The maximum atomic E-state index is 13.7. The molecule has 11 heteroatoms. The predicted octanol–water partition coefficient (Wildman–Crippen LogP) is 6.83. The molecule has 4 aromatic rings. The number of sulfonamides is 1. The van der Waals surface area contributed by atoms with E-state index < -0.39 is 34.0 Å². The number of alkyl halides is 3. The summed E-state index contributed by atoms with van der Waals surface area (Å²) in [7, 11) is -4.25. The molecule has 1 aromatic heterocycles. The first-order valence-corrected chi connectivity index (χ1v) is 12.4. The molecule has 4 rings (SSSR count). The fourth-order valence-corrected chi connectivity index (χ4v) is 6.60. The van der Waals surface area contributed by atoms with Gasteiger partial charge in [-0.2, -0.15) is 13.2 Å². The van der Waals surface area contributed by atoms with Crippen molar-refractivity contribution in [3.63, 3.8) is 0 Å². The Morgan fingerprint density at radius 1 is 1.03 bits per heavy atom. The number of fused-ring (bicyclic) bond motifs is 1. The first kappa shape index (κ1) is 24.6. The van der Waals surface area contributed by atoms with Crippen molar-refractivity contribution in [2.75, 3.05) is 4.31 Å². The third-order valence-electron chi connectivity index (χ3n) is 5.44. The zero-order valence-corrected chi connectivity index (χ0v) is 19.7. The Balaban J connectivity index is 1.89. The number of carbonyl (C=O) groups excluding carboxylic acids is 1. The van der Waals surface area contributed by atoms with Crippen molar-refractivity contribution >= 4 is 48.4 Å². The summed E-state index contributed by atoms with van der Waals surface area (Å²) in [5.41, 5.74) is -1.07. The Kier molecular flexibility index (Phi) is 6.48. The SMILES string of the molecule is Cc1c(N(Cc2ccc(N=O)c(C(F)(F)F)c2)S(=O)(=O)c2ccc(C=O)cc2)sc2ccccc12. The number of nitroso groups, excluding NO2 is 1. The van der Waals surface area contributed by atoms with E-state index >= 15 is 0 Å². The lowest BCUT2D eigenvalue weighted by Gasteiger charge is -2.24. The molecule has 0 radical (unpaired) electrons. The summed E-state index contributed by atoms with van der Waals surface area (Å²) in [4.78, 5) is 21.8. The summed E-state index contributed by atoms with van der Waals surface area (Å²) in [6.45, 7) is 1.32. The molecule has 1 heterocycles. The van der Waals surface area contributed by atoms with Gasteiger partial charge < -0.3 is 0 Å². The van der Waals surface area contributed by atoms with E-state index in [1.54, 1.807) is 13.0 Å². The number of nitrogens with zero attached hydrogens (tertiary/aromatic N) is 2. The number of anilines is 1. The molecule has 0 amide bonds. The molecular formula is C24H17F3N2O4S2. The second-order valence-electron chi connectivity index (χ2n) is 7.67. The largest absolute Gasteiger partial charge is 0.418 e. The molecular weight excluding hydrogens is 501 g/mol. The number of rotatable bonds is 7. The van der Waals surface area contributed by atoms with Gasteiger partial charge in [-0.05, 0) is 58.9 Å². The minimum Gasteiger partial charge on any atom is -0.298 e. The summed E-state index contributed by atoms with van der Waals surface area (Å²) in [6.07, 6.45) is -4.27. The van der Waals surface area contributed by atoms with Gasteiger partial charge in [-0.25, -0.2) is 8.42 Å². The molecule has 0 saturated carbocycles. The van der Waals surface area contributed by atoms with E-state index in [0.29, 0.717) is 16.9 Å². The van der Waals surface area contributed by atoms with Crippen LogP contribution >= 0.6 is 11.3 Å². The summed E-state index contributed by atoms with van der Waals surface area (Å²) >= 11 is 1.20. The Labute approximate surface area is 202 Å².